The minimum Gasteiger partial charge on any atom is -0.493 e. The SMILES string of the molecule is CCOC(=O)C1=C(C)N=c2s/c(=C\c3ccc(OC)c(OCC)c3)c(=O)n2[C@H]1c1ccc(OC(C)C)cc1. The van der Waals surface area contributed by atoms with Gasteiger partial charge in [0.2, 0.25) is 0 Å². The summed E-state index contributed by atoms with van der Waals surface area (Å²) in [6, 6.07) is 12.2. The number of esters is 1. The first-order chi connectivity index (χ1) is 18.3. The molecule has 0 fully saturated rings. The van der Waals surface area contributed by atoms with Crippen LogP contribution in [0.4, 0.5) is 0 Å². The normalized spacial score (nSPS) is 15.2. The molecule has 200 valence electrons. The Morgan fingerprint density at radius 2 is 1.84 bits per heavy atom. The molecule has 4 rings (SSSR count). The molecule has 0 amide bonds. The topological polar surface area (TPSA) is 88.4 Å². The highest BCUT2D eigenvalue weighted by molar-refractivity contribution is 7.07. The van der Waals surface area contributed by atoms with Gasteiger partial charge in [0, 0.05) is 0 Å². The number of hydrogen-bond donors (Lipinski definition) is 0. The van der Waals surface area contributed by atoms with E-state index in [0.29, 0.717) is 44.5 Å². The van der Waals surface area contributed by atoms with E-state index in [1.807, 2.05) is 57.2 Å². The third-order valence-electron chi connectivity index (χ3n) is 5.87. The Bertz CT molecular complexity index is 1530. The van der Waals surface area contributed by atoms with Crippen molar-refractivity contribution < 1.29 is 23.7 Å². The molecular formula is C29H32N2O6S. The Kier molecular flexibility index (Phi) is 8.36. The van der Waals surface area contributed by atoms with Crippen molar-refractivity contribution in [3.8, 4) is 17.2 Å². The second-order valence-corrected chi connectivity index (χ2v) is 9.89. The Morgan fingerprint density at radius 1 is 1.11 bits per heavy atom. The molecule has 0 saturated heterocycles. The van der Waals surface area contributed by atoms with E-state index in [-0.39, 0.29) is 18.3 Å². The lowest BCUT2D eigenvalue weighted by atomic mass is 9.96. The number of fused-ring (bicyclic) bond motifs is 1. The summed E-state index contributed by atoms with van der Waals surface area (Å²) in [5.74, 6) is 1.43. The Labute approximate surface area is 225 Å². The number of nitrogens with zero attached hydrogens (tertiary/aromatic N) is 2. The van der Waals surface area contributed by atoms with Crippen molar-refractivity contribution in [1.82, 2.24) is 4.57 Å². The van der Waals surface area contributed by atoms with Crippen LogP contribution < -0.4 is 29.1 Å². The van der Waals surface area contributed by atoms with Gasteiger partial charge in [-0.2, -0.15) is 0 Å². The number of carbonyl (C=O) groups is 1. The van der Waals surface area contributed by atoms with Gasteiger partial charge in [-0.3, -0.25) is 9.36 Å². The number of rotatable bonds is 9. The van der Waals surface area contributed by atoms with Gasteiger partial charge in [0.1, 0.15) is 5.75 Å². The molecule has 38 heavy (non-hydrogen) atoms. The first-order valence-electron chi connectivity index (χ1n) is 12.5. The van der Waals surface area contributed by atoms with Gasteiger partial charge < -0.3 is 18.9 Å². The van der Waals surface area contributed by atoms with E-state index in [4.69, 9.17) is 18.9 Å². The van der Waals surface area contributed by atoms with Crippen molar-refractivity contribution in [2.75, 3.05) is 20.3 Å². The van der Waals surface area contributed by atoms with Crippen molar-refractivity contribution in [2.24, 2.45) is 4.99 Å². The molecule has 3 aromatic rings. The third-order valence-corrected chi connectivity index (χ3v) is 6.85. The lowest BCUT2D eigenvalue weighted by molar-refractivity contribution is -0.139. The van der Waals surface area contributed by atoms with Crippen LogP contribution in [-0.4, -0.2) is 37.0 Å². The number of ether oxygens (including phenoxy) is 4. The van der Waals surface area contributed by atoms with E-state index in [1.54, 1.807) is 37.7 Å². The molecule has 0 N–H and O–H groups in total. The van der Waals surface area contributed by atoms with Gasteiger partial charge in [0.25, 0.3) is 5.56 Å². The van der Waals surface area contributed by atoms with Crippen molar-refractivity contribution in [1.29, 1.82) is 0 Å². The molecule has 0 spiro atoms. The van der Waals surface area contributed by atoms with Gasteiger partial charge >= 0.3 is 5.97 Å². The maximum atomic E-state index is 13.8. The third kappa shape index (κ3) is 5.52. The standard InChI is InChI=1S/C29H32N2O6S/c1-7-35-23-15-19(9-14-22(23)34-6)16-24-27(32)31-26(20-10-12-21(13-11-20)37-17(3)4)25(28(33)36-8-2)18(5)30-29(31)38-24/h9-17,26H,7-8H2,1-6H3/b24-16-/t26-/m0/s1. The summed E-state index contributed by atoms with van der Waals surface area (Å²) < 4.78 is 24.3. The fraction of sp³-hybridized carbons (Fsp3) is 0.345. The van der Waals surface area contributed by atoms with Crippen LogP contribution in [0.15, 0.2) is 63.5 Å². The predicted octanol–water partition coefficient (Wildman–Crippen LogP) is 3.99. The first-order valence-corrected chi connectivity index (χ1v) is 13.4. The van der Waals surface area contributed by atoms with Crippen LogP contribution in [0.2, 0.25) is 0 Å². The average Bonchev–Trinajstić information content (AvgIpc) is 3.18. The zero-order valence-electron chi connectivity index (χ0n) is 22.4. The highest BCUT2D eigenvalue weighted by Gasteiger charge is 2.33. The number of benzene rings is 2. The van der Waals surface area contributed by atoms with E-state index in [9.17, 15) is 9.59 Å². The summed E-state index contributed by atoms with van der Waals surface area (Å²) in [5.41, 5.74) is 2.16. The van der Waals surface area contributed by atoms with Crippen LogP contribution in [0.25, 0.3) is 6.08 Å². The molecule has 1 aliphatic rings. The number of methoxy groups -OCH3 is 1. The van der Waals surface area contributed by atoms with E-state index >= 15 is 0 Å². The van der Waals surface area contributed by atoms with Crippen molar-refractivity contribution in [2.45, 2.75) is 46.8 Å². The molecule has 1 atom stereocenters. The number of carbonyl (C=O) groups excluding carboxylic acids is 1. The molecule has 0 radical (unpaired) electrons. The zero-order valence-corrected chi connectivity index (χ0v) is 23.3. The van der Waals surface area contributed by atoms with Crippen molar-refractivity contribution >= 4 is 23.4 Å². The molecule has 9 heteroatoms. The Hall–Kier alpha value is -3.85. The van der Waals surface area contributed by atoms with Crippen LogP contribution in [-0.2, 0) is 9.53 Å². The minimum absolute atomic E-state index is 0.0250. The molecule has 0 saturated carbocycles. The quantitative estimate of drug-likeness (QED) is 0.384. The fourth-order valence-electron chi connectivity index (χ4n) is 4.31. The number of aromatic nitrogens is 1. The van der Waals surface area contributed by atoms with Crippen LogP contribution in [0.1, 0.15) is 51.8 Å². The number of hydrogen-bond acceptors (Lipinski definition) is 8. The Morgan fingerprint density at radius 3 is 2.47 bits per heavy atom. The Balaban J connectivity index is 1.87. The smallest absolute Gasteiger partial charge is 0.338 e. The zero-order chi connectivity index (χ0) is 27.4. The predicted molar refractivity (Wildman–Crippen MR) is 147 cm³/mol. The fourth-order valence-corrected chi connectivity index (χ4v) is 5.36. The molecular weight excluding hydrogens is 504 g/mol. The summed E-state index contributed by atoms with van der Waals surface area (Å²) in [4.78, 5) is 32.0. The monoisotopic (exact) mass is 536 g/mol. The lowest BCUT2D eigenvalue weighted by Gasteiger charge is -2.25. The van der Waals surface area contributed by atoms with E-state index < -0.39 is 12.0 Å². The minimum atomic E-state index is -0.685. The number of thiazole rings is 1. The maximum Gasteiger partial charge on any atom is 0.338 e. The number of allylic oxidation sites excluding steroid dienone is 1. The second kappa shape index (κ2) is 11.7. The lowest BCUT2D eigenvalue weighted by Crippen LogP contribution is -2.39. The summed E-state index contributed by atoms with van der Waals surface area (Å²) >= 11 is 1.27. The highest BCUT2D eigenvalue weighted by atomic mass is 32.1. The van der Waals surface area contributed by atoms with Gasteiger partial charge in [0.15, 0.2) is 16.3 Å². The van der Waals surface area contributed by atoms with E-state index in [2.05, 4.69) is 4.99 Å². The second-order valence-electron chi connectivity index (χ2n) is 8.88. The molecule has 1 aromatic heterocycles. The molecule has 1 aliphatic heterocycles. The molecule has 0 aliphatic carbocycles. The van der Waals surface area contributed by atoms with Crippen molar-refractivity contribution in [3.05, 3.63) is 84.5 Å². The van der Waals surface area contributed by atoms with Crippen LogP contribution in [0.3, 0.4) is 0 Å². The van der Waals surface area contributed by atoms with Crippen molar-refractivity contribution in [3.63, 3.8) is 0 Å². The highest BCUT2D eigenvalue weighted by Crippen LogP contribution is 2.32. The summed E-state index contributed by atoms with van der Waals surface area (Å²) in [7, 11) is 1.58. The summed E-state index contributed by atoms with van der Waals surface area (Å²) in [6.07, 6.45) is 1.82. The van der Waals surface area contributed by atoms with Gasteiger partial charge in [-0.25, -0.2) is 9.79 Å². The molecule has 2 heterocycles. The van der Waals surface area contributed by atoms with E-state index in [1.165, 1.54) is 11.3 Å². The van der Waals surface area contributed by atoms with Crippen LogP contribution in [0, 0.1) is 0 Å². The van der Waals surface area contributed by atoms with Crippen LogP contribution in [0.5, 0.6) is 17.2 Å². The molecule has 8 nitrogen and oxygen atoms in total. The largest absolute Gasteiger partial charge is 0.493 e. The molecule has 0 unspecified atom stereocenters. The van der Waals surface area contributed by atoms with Gasteiger partial charge in [-0.05, 0) is 76.1 Å². The van der Waals surface area contributed by atoms with Gasteiger partial charge in [-0.15, -0.1) is 0 Å². The van der Waals surface area contributed by atoms with E-state index in [0.717, 1.165) is 11.1 Å². The molecule has 2 aromatic carbocycles. The van der Waals surface area contributed by atoms with Crippen LogP contribution >= 0.6 is 11.3 Å². The van der Waals surface area contributed by atoms with Gasteiger partial charge in [0.05, 0.1) is 48.3 Å². The molecule has 0 bridgehead atoms. The first kappa shape index (κ1) is 27.2. The maximum absolute atomic E-state index is 13.8. The summed E-state index contributed by atoms with van der Waals surface area (Å²) in [5, 5.41) is 0. The van der Waals surface area contributed by atoms with Gasteiger partial charge in [-0.1, -0.05) is 29.5 Å². The average molecular weight is 537 g/mol. The summed E-state index contributed by atoms with van der Waals surface area (Å²) in [6.45, 7) is 10.0.